The Morgan fingerprint density at radius 2 is 2.00 bits per heavy atom. The Bertz CT molecular complexity index is 594. The van der Waals surface area contributed by atoms with Gasteiger partial charge in [0.25, 0.3) is 0 Å². The highest BCUT2D eigenvalue weighted by Gasteiger charge is 2.17. The molecule has 2 aromatic rings. The summed E-state index contributed by atoms with van der Waals surface area (Å²) in [6, 6.07) is 9.25. The maximum Gasteiger partial charge on any atom is 0.0579 e. The van der Waals surface area contributed by atoms with Crippen molar-refractivity contribution in [2.24, 2.45) is 0 Å². The van der Waals surface area contributed by atoms with Crippen molar-refractivity contribution in [2.75, 3.05) is 5.32 Å². The van der Waals surface area contributed by atoms with Crippen LogP contribution in [-0.2, 0) is 12.8 Å². The molecule has 20 heavy (non-hydrogen) atoms. The molecule has 1 aromatic carbocycles. The summed E-state index contributed by atoms with van der Waals surface area (Å²) in [5, 5.41) is 3.63. The van der Waals surface area contributed by atoms with Crippen LogP contribution in [0, 0.1) is 6.92 Å². The summed E-state index contributed by atoms with van der Waals surface area (Å²) in [6.45, 7) is 4.37. The van der Waals surface area contributed by atoms with Gasteiger partial charge in [-0.25, -0.2) is 0 Å². The number of aryl methyl sites for hydroxylation is 3. The smallest absolute Gasteiger partial charge is 0.0579 e. The number of halogens is 1. The molecule has 0 aliphatic heterocycles. The lowest BCUT2D eigenvalue weighted by molar-refractivity contribution is 0.696. The zero-order valence-corrected chi connectivity index (χ0v) is 14.4. The van der Waals surface area contributed by atoms with Gasteiger partial charge in [0.1, 0.15) is 0 Å². The summed E-state index contributed by atoms with van der Waals surface area (Å²) in [5.41, 5.74) is 4.05. The van der Waals surface area contributed by atoms with Gasteiger partial charge >= 0.3 is 0 Å². The van der Waals surface area contributed by atoms with Gasteiger partial charge < -0.3 is 5.32 Å². The molecule has 0 radical (unpaired) electrons. The van der Waals surface area contributed by atoms with Crippen molar-refractivity contribution in [3.63, 3.8) is 0 Å². The molecule has 1 N–H and O–H groups in total. The average molecular weight is 350 g/mol. The summed E-state index contributed by atoms with van der Waals surface area (Å²) in [5.74, 6) is 0. The molecule has 0 saturated carbocycles. The summed E-state index contributed by atoms with van der Waals surface area (Å²) in [4.78, 5) is 3.08. The van der Waals surface area contributed by atoms with Gasteiger partial charge in [0.05, 0.1) is 6.04 Å². The first-order valence-electron chi connectivity index (χ1n) is 7.27. The highest BCUT2D eigenvalue weighted by molar-refractivity contribution is 9.10. The van der Waals surface area contributed by atoms with Crippen molar-refractivity contribution >= 4 is 33.0 Å². The van der Waals surface area contributed by atoms with E-state index in [9.17, 15) is 0 Å². The van der Waals surface area contributed by atoms with Crippen molar-refractivity contribution in [1.82, 2.24) is 0 Å². The molecule has 1 aliphatic carbocycles. The van der Waals surface area contributed by atoms with Crippen LogP contribution in [0.2, 0.25) is 0 Å². The molecule has 0 amide bonds. The first-order valence-corrected chi connectivity index (χ1v) is 8.88. The van der Waals surface area contributed by atoms with Gasteiger partial charge in [0.2, 0.25) is 0 Å². The van der Waals surface area contributed by atoms with Crippen LogP contribution in [-0.4, -0.2) is 0 Å². The van der Waals surface area contributed by atoms with Crippen LogP contribution in [0.3, 0.4) is 0 Å². The van der Waals surface area contributed by atoms with Gasteiger partial charge in [0.15, 0.2) is 0 Å². The van der Waals surface area contributed by atoms with E-state index in [0.717, 1.165) is 4.47 Å². The number of rotatable bonds is 3. The number of hydrogen-bond donors (Lipinski definition) is 1. The third-order valence-electron chi connectivity index (χ3n) is 3.94. The van der Waals surface area contributed by atoms with E-state index in [0.29, 0.717) is 6.04 Å². The zero-order valence-electron chi connectivity index (χ0n) is 12.0. The molecule has 1 aliphatic rings. The maximum absolute atomic E-state index is 3.65. The molecule has 1 unspecified atom stereocenters. The Morgan fingerprint density at radius 1 is 1.20 bits per heavy atom. The van der Waals surface area contributed by atoms with Gasteiger partial charge in [-0.05, 0) is 84.8 Å². The monoisotopic (exact) mass is 349 g/mol. The van der Waals surface area contributed by atoms with Crippen molar-refractivity contribution in [3.05, 3.63) is 49.6 Å². The van der Waals surface area contributed by atoms with Crippen LogP contribution in [0.25, 0.3) is 0 Å². The van der Waals surface area contributed by atoms with Gasteiger partial charge in [-0.1, -0.05) is 6.07 Å². The maximum atomic E-state index is 3.65. The first-order chi connectivity index (χ1) is 9.63. The third kappa shape index (κ3) is 2.94. The van der Waals surface area contributed by atoms with Crippen molar-refractivity contribution < 1.29 is 0 Å². The first kappa shape index (κ1) is 14.2. The molecule has 106 valence electrons. The van der Waals surface area contributed by atoms with Crippen molar-refractivity contribution in [3.8, 4) is 0 Å². The van der Waals surface area contributed by atoms with Gasteiger partial charge in [-0.15, -0.1) is 11.3 Å². The Balaban J connectivity index is 1.78. The normalized spacial score (nSPS) is 15.8. The highest BCUT2D eigenvalue weighted by Crippen LogP contribution is 2.35. The van der Waals surface area contributed by atoms with Crippen LogP contribution in [0.1, 0.15) is 46.7 Å². The van der Waals surface area contributed by atoms with E-state index in [1.54, 1.807) is 10.4 Å². The van der Waals surface area contributed by atoms with E-state index in [4.69, 9.17) is 0 Å². The molecule has 1 atom stereocenters. The molecule has 1 nitrogen and oxygen atoms in total. The average Bonchev–Trinajstić information content (AvgIpc) is 2.86. The minimum atomic E-state index is 0.365. The number of fused-ring (bicyclic) bond motifs is 1. The van der Waals surface area contributed by atoms with Crippen molar-refractivity contribution in [2.45, 2.75) is 45.6 Å². The lowest BCUT2D eigenvalue weighted by Gasteiger charge is -2.15. The van der Waals surface area contributed by atoms with E-state index < -0.39 is 0 Å². The number of benzene rings is 1. The van der Waals surface area contributed by atoms with E-state index in [1.807, 2.05) is 11.3 Å². The Kier molecular flexibility index (Phi) is 4.18. The molecule has 0 spiro atoms. The molecular weight excluding hydrogens is 330 g/mol. The molecule has 0 saturated heterocycles. The molecule has 0 fully saturated rings. The van der Waals surface area contributed by atoms with Crippen LogP contribution in [0.4, 0.5) is 5.69 Å². The SMILES string of the molecule is Cc1ccc(NC(C)c2cc3c(s2)CCCC3)c(Br)c1. The van der Waals surface area contributed by atoms with Crippen LogP contribution in [0.5, 0.6) is 0 Å². The minimum absolute atomic E-state index is 0.365. The number of hydrogen-bond acceptors (Lipinski definition) is 2. The second-order valence-electron chi connectivity index (χ2n) is 5.65. The lowest BCUT2D eigenvalue weighted by Crippen LogP contribution is -2.05. The summed E-state index contributed by atoms with van der Waals surface area (Å²) < 4.78 is 1.14. The van der Waals surface area contributed by atoms with Crippen LogP contribution in [0.15, 0.2) is 28.7 Å². The predicted octanol–water partition coefficient (Wildman–Crippen LogP) is 5.87. The molecule has 3 heteroatoms. The second-order valence-corrected chi connectivity index (χ2v) is 7.68. The number of anilines is 1. The fraction of sp³-hybridized carbons (Fsp3) is 0.412. The zero-order chi connectivity index (χ0) is 14.1. The Hall–Kier alpha value is -0.800. The minimum Gasteiger partial charge on any atom is -0.377 e. The topological polar surface area (TPSA) is 12.0 Å². The van der Waals surface area contributed by atoms with Crippen LogP contribution < -0.4 is 5.32 Å². The second kappa shape index (κ2) is 5.90. The Morgan fingerprint density at radius 3 is 2.75 bits per heavy atom. The van der Waals surface area contributed by atoms with Gasteiger partial charge in [-0.3, -0.25) is 0 Å². The fourth-order valence-corrected chi connectivity index (χ4v) is 4.64. The van der Waals surface area contributed by atoms with Gasteiger partial charge in [0, 0.05) is 19.9 Å². The van der Waals surface area contributed by atoms with Crippen LogP contribution >= 0.6 is 27.3 Å². The largest absolute Gasteiger partial charge is 0.377 e. The molecule has 0 bridgehead atoms. The predicted molar refractivity (Wildman–Crippen MR) is 91.9 cm³/mol. The fourth-order valence-electron chi connectivity index (χ4n) is 2.77. The lowest BCUT2D eigenvalue weighted by atomic mass is 9.99. The van der Waals surface area contributed by atoms with Gasteiger partial charge in [-0.2, -0.15) is 0 Å². The standard InChI is InChI=1S/C17H20BrNS/c1-11-7-8-15(14(18)9-11)19-12(2)17-10-13-5-3-4-6-16(13)20-17/h7-10,12,19H,3-6H2,1-2H3. The molecule has 1 heterocycles. The van der Waals surface area contributed by atoms with E-state index in [1.165, 1.54) is 41.8 Å². The Labute approximate surface area is 133 Å². The van der Waals surface area contributed by atoms with E-state index >= 15 is 0 Å². The summed E-state index contributed by atoms with van der Waals surface area (Å²) >= 11 is 5.64. The molecular formula is C17H20BrNS. The molecule has 1 aromatic heterocycles. The third-order valence-corrected chi connectivity index (χ3v) is 6.01. The quantitative estimate of drug-likeness (QED) is 0.730. The number of thiophene rings is 1. The molecule has 3 rings (SSSR count). The van der Waals surface area contributed by atoms with E-state index in [-0.39, 0.29) is 0 Å². The number of nitrogens with one attached hydrogen (secondary N) is 1. The van der Waals surface area contributed by atoms with E-state index in [2.05, 4.69) is 59.4 Å². The highest BCUT2D eigenvalue weighted by atomic mass is 79.9. The summed E-state index contributed by atoms with van der Waals surface area (Å²) in [7, 11) is 0. The van der Waals surface area contributed by atoms with Crippen molar-refractivity contribution in [1.29, 1.82) is 0 Å². The summed E-state index contributed by atoms with van der Waals surface area (Å²) in [6.07, 6.45) is 5.26.